The van der Waals surface area contributed by atoms with E-state index in [9.17, 15) is 0 Å². The van der Waals surface area contributed by atoms with Gasteiger partial charge in [-0.05, 0) is 54.0 Å². The van der Waals surface area contributed by atoms with Gasteiger partial charge in [0.15, 0.2) is 5.82 Å². The van der Waals surface area contributed by atoms with Gasteiger partial charge in [0.05, 0.1) is 19.2 Å². The number of tetrazole rings is 1. The van der Waals surface area contributed by atoms with E-state index in [1.54, 1.807) is 7.11 Å². The highest BCUT2D eigenvalue weighted by molar-refractivity contribution is 5.49. The van der Waals surface area contributed by atoms with Crippen LogP contribution in [0.3, 0.4) is 0 Å². The normalized spacial score (nSPS) is 20.3. The molecular weight excluding hydrogens is 352 g/mol. The van der Waals surface area contributed by atoms with Crippen molar-refractivity contribution in [3.63, 3.8) is 0 Å². The molecule has 2 fully saturated rings. The first-order valence-electron chi connectivity index (χ1n) is 10.7. The van der Waals surface area contributed by atoms with Crippen LogP contribution in [-0.2, 0) is 0 Å². The second-order valence-electron chi connectivity index (χ2n) is 7.92. The zero-order chi connectivity index (χ0) is 19.3. The van der Waals surface area contributed by atoms with Gasteiger partial charge in [0.2, 0.25) is 0 Å². The molecule has 1 aliphatic heterocycles. The van der Waals surface area contributed by atoms with E-state index in [4.69, 9.17) is 4.74 Å². The van der Waals surface area contributed by atoms with Gasteiger partial charge in [0, 0.05) is 31.9 Å². The molecule has 2 aliphatic rings. The van der Waals surface area contributed by atoms with Crippen LogP contribution in [0.15, 0.2) is 24.3 Å². The Hall–Kier alpha value is -2.15. The molecule has 7 nitrogen and oxygen atoms in total. The van der Waals surface area contributed by atoms with Crippen molar-refractivity contribution < 1.29 is 4.74 Å². The van der Waals surface area contributed by atoms with E-state index in [0.717, 1.165) is 44.2 Å². The number of piperazine rings is 1. The summed E-state index contributed by atoms with van der Waals surface area (Å²) in [6.07, 6.45) is 7.39. The van der Waals surface area contributed by atoms with Crippen molar-refractivity contribution in [2.24, 2.45) is 0 Å². The number of hydrogen-bond acceptors (Lipinski definition) is 6. The number of hydrogen-bond donors (Lipinski definition) is 0. The fraction of sp³-hybridized carbons (Fsp3) is 0.667. The Kier molecular flexibility index (Phi) is 6.10. The zero-order valence-electron chi connectivity index (χ0n) is 17.1. The van der Waals surface area contributed by atoms with Crippen LogP contribution < -0.4 is 9.64 Å². The van der Waals surface area contributed by atoms with Gasteiger partial charge < -0.3 is 9.64 Å². The Morgan fingerprint density at radius 1 is 1.04 bits per heavy atom. The van der Waals surface area contributed by atoms with E-state index in [0.29, 0.717) is 12.1 Å². The summed E-state index contributed by atoms with van der Waals surface area (Å²) in [6.45, 7) is 6.35. The fourth-order valence-electron chi connectivity index (χ4n) is 4.69. The molecule has 1 aliphatic carbocycles. The number of ether oxygens (including phenoxy) is 1. The highest BCUT2D eigenvalue weighted by Gasteiger charge is 2.30. The van der Waals surface area contributed by atoms with Crippen LogP contribution in [0.5, 0.6) is 5.75 Å². The van der Waals surface area contributed by atoms with E-state index >= 15 is 0 Å². The average molecular weight is 385 g/mol. The minimum Gasteiger partial charge on any atom is -0.497 e. The van der Waals surface area contributed by atoms with E-state index in [-0.39, 0.29) is 0 Å². The maximum atomic E-state index is 5.27. The first-order chi connectivity index (χ1) is 13.8. The van der Waals surface area contributed by atoms with Gasteiger partial charge in [-0.15, -0.1) is 5.10 Å². The van der Waals surface area contributed by atoms with Crippen molar-refractivity contribution in [3.8, 4) is 5.75 Å². The lowest BCUT2D eigenvalue weighted by Crippen LogP contribution is -2.48. The maximum absolute atomic E-state index is 5.27. The van der Waals surface area contributed by atoms with Gasteiger partial charge >= 0.3 is 0 Å². The largest absolute Gasteiger partial charge is 0.497 e. The van der Waals surface area contributed by atoms with E-state index < -0.39 is 0 Å². The van der Waals surface area contributed by atoms with Gasteiger partial charge in [0.25, 0.3) is 0 Å². The monoisotopic (exact) mass is 384 g/mol. The number of rotatable bonds is 6. The maximum Gasteiger partial charge on any atom is 0.168 e. The summed E-state index contributed by atoms with van der Waals surface area (Å²) in [7, 11) is 1.71. The molecule has 28 heavy (non-hydrogen) atoms. The molecule has 2 heterocycles. The van der Waals surface area contributed by atoms with Gasteiger partial charge in [-0.2, -0.15) is 0 Å². The molecule has 7 heteroatoms. The summed E-state index contributed by atoms with van der Waals surface area (Å²) in [5.41, 5.74) is 1.26. The molecule has 1 saturated heterocycles. The van der Waals surface area contributed by atoms with Crippen molar-refractivity contribution >= 4 is 5.69 Å². The number of nitrogens with zero attached hydrogens (tertiary/aromatic N) is 6. The molecule has 1 saturated carbocycles. The fourth-order valence-corrected chi connectivity index (χ4v) is 4.69. The molecule has 1 aromatic heterocycles. The summed E-state index contributed by atoms with van der Waals surface area (Å²) in [6, 6.07) is 9.15. The Labute approximate surface area is 167 Å². The molecule has 0 radical (unpaired) electrons. The molecule has 4 rings (SSSR count). The Balaban J connectivity index is 1.42. The number of aromatic nitrogens is 4. The van der Waals surface area contributed by atoms with E-state index in [1.165, 1.54) is 37.8 Å². The van der Waals surface area contributed by atoms with Crippen molar-refractivity contribution in [3.05, 3.63) is 30.1 Å². The van der Waals surface area contributed by atoms with Crippen LogP contribution in [0, 0.1) is 0 Å². The number of benzene rings is 1. The third kappa shape index (κ3) is 3.99. The van der Waals surface area contributed by atoms with Crippen molar-refractivity contribution in [1.82, 2.24) is 25.1 Å². The van der Waals surface area contributed by atoms with Crippen molar-refractivity contribution in [2.75, 3.05) is 38.2 Å². The highest BCUT2D eigenvalue weighted by atomic mass is 16.5. The third-order valence-corrected chi connectivity index (χ3v) is 6.32. The second-order valence-corrected chi connectivity index (χ2v) is 7.92. The Morgan fingerprint density at radius 2 is 1.75 bits per heavy atom. The minimum absolute atomic E-state index is 0.301. The lowest BCUT2D eigenvalue weighted by Gasteiger charge is -2.40. The zero-order valence-corrected chi connectivity index (χ0v) is 17.1. The quantitative estimate of drug-likeness (QED) is 0.760. The molecule has 1 aromatic carbocycles. The summed E-state index contributed by atoms with van der Waals surface area (Å²) in [5, 5.41) is 12.9. The molecule has 0 unspecified atom stereocenters. The molecule has 152 valence electrons. The highest BCUT2D eigenvalue weighted by Crippen LogP contribution is 2.32. The summed E-state index contributed by atoms with van der Waals surface area (Å²) >= 11 is 0. The van der Waals surface area contributed by atoms with Gasteiger partial charge in [-0.1, -0.05) is 26.2 Å². The second kappa shape index (κ2) is 8.90. The SMILES string of the molecule is CC[C@@H](c1nnnn1C1CCCCC1)N1CCN(c2ccc(OC)cc2)CC1. The summed E-state index contributed by atoms with van der Waals surface area (Å²) < 4.78 is 7.42. The summed E-state index contributed by atoms with van der Waals surface area (Å²) in [4.78, 5) is 5.01. The molecule has 1 atom stereocenters. The van der Waals surface area contributed by atoms with Crippen LogP contribution in [0.2, 0.25) is 0 Å². The third-order valence-electron chi connectivity index (χ3n) is 6.32. The molecule has 2 aromatic rings. The molecule has 0 spiro atoms. The number of methoxy groups -OCH3 is 1. The predicted molar refractivity (Wildman–Crippen MR) is 110 cm³/mol. The van der Waals surface area contributed by atoms with E-state index in [2.05, 4.69) is 49.1 Å². The first-order valence-corrected chi connectivity index (χ1v) is 10.7. The Bertz CT molecular complexity index is 732. The van der Waals surface area contributed by atoms with Gasteiger partial charge in [0.1, 0.15) is 5.75 Å². The topological polar surface area (TPSA) is 59.3 Å². The predicted octanol–water partition coefficient (Wildman–Crippen LogP) is 3.46. The average Bonchev–Trinajstić information content (AvgIpc) is 3.25. The van der Waals surface area contributed by atoms with Crippen molar-refractivity contribution in [2.45, 2.75) is 57.5 Å². The van der Waals surface area contributed by atoms with Gasteiger partial charge in [-0.3, -0.25) is 4.90 Å². The molecule has 0 bridgehead atoms. The smallest absolute Gasteiger partial charge is 0.168 e. The lowest BCUT2D eigenvalue weighted by molar-refractivity contribution is 0.163. The van der Waals surface area contributed by atoms with Gasteiger partial charge in [-0.25, -0.2) is 4.68 Å². The molecular formula is C21H32N6O. The standard InChI is InChI=1S/C21H32N6O/c1-3-20(21-22-23-24-27(21)18-7-5-4-6-8-18)26-15-13-25(14-16-26)17-9-11-19(28-2)12-10-17/h9-12,18,20H,3-8,13-16H2,1-2H3/t20-/m0/s1. The van der Waals surface area contributed by atoms with Crippen LogP contribution in [0.25, 0.3) is 0 Å². The van der Waals surface area contributed by atoms with Crippen LogP contribution in [0.4, 0.5) is 5.69 Å². The minimum atomic E-state index is 0.301. The van der Waals surface area contributed by atoms with Crippen molar-refractivity contribution in [1.29, 1.82) is 0 Å². The molecule has 0 amide bonds. The van der Waals surface area contributed by atoms with Crippen LogP contribution >= 0.6 is 0 Å². The number of anilines is 1. The Morgan fingerprint density at radius 3 is 2.39 bits per heavy atom. The first kappa shape index (κ1) is 19.2. The van der Waals surface area contributed by atoms with Crippen LogP contribution in [0.1, 0.15) is 63.4 Å². The lowest BCUT2D eigenvalue weighted by atomic mass is 9.95. The summed E-state index contributed by atoms with van der Waals surface area (Å²) in [5.74, 6) is 1.97. The molecule has 0 N–H and O–H groups in total. The van der Waals surface area contributed by atoms with E-state index in [1.807, 2.05) is 12.1 Å². The van der Waals surface area contributed by atoms with Crippen LogP contribution in [-0.4, -0.2) is 58.4 Å².